The Balaban J connectivity index is 1.42. The summed E-state index contributed by atoms with van der Waals surface area (Å²) in [4.78, 5) is 23.5. The number of nitrogens with one attached hydrogen (secondary N) is 3. The maximum atomic E-state index is 13.0. The molecule has 0 saturated carbocycles. The summed E-state index contributed by atoms with van der Waals surface area (Å²) in [5.74, 6) is 0.596. The van der Waals surface area contributed by atoms with E-state index in [1.54, 1.807) is 30.3 Å². The number of aromatic nitrogens is 3. The third-order valence-corrected chi connectivity index (χ3v) is 4.79. The molecule has 8 nitrogen and oxygen atoms in total. The number of nitrogens with zero attached hydrogens (tertiary/aromatic N) is 2. The summed E-state index contributed by atoms with van der Waals surface area (Å²) in [5, 5.41) is 14.7. The van der Waals surface area contributed by atoms with Gasteiger partial charge in [0, 0.05) is 18.3 Å². The number of hydrogen-bond donors (Lipinski definition) is 4. The number of carbonyl (C=O) groups is 1. The molecule has 11 heteroatoms. The highest BCUT2D eigenvalue weighted by Crippen LogP contribution is 2.35. The van der Waals surface area contributed by atoms with Crippen molar-refractivity contribution in [3.63, 3.8) is 0 Å². The summed E-state index contributed by atoms with van der Waals surface area (Å²) in [6.07, 6.45) is -2.64. The summed E-state index contributed by atoms with van der Waals surface area (Å²) in [5.41, 5.74) is 1.35. The van der Waals surface area contributed by atoms with Gasteiger partial charge in [0.25, 0.3) is 0 Å². The number of fused-ring (bicyclic) bond motifs is 1. The quantitative estimate of drug-likeness (QED) is 0.340. The Hall–Kier alpha value is -4.28. The fourth-order valence-electron chi connectivity index (χ4n) is 3.22. The van der Waals surface area contributed by atoms with E-state index in [4.69, 9.17) is 4.74 Å². The van der Waals surface area contributed by atoms with Crippen LogP contribution in [0.15, 0.2) is 54.7 Å². The number of rotatable bonds is 5. The lowest BCUT2D eigenvalue weighted by Gasteiger charge is -2.14. The molecule has 0 aliphatic heterocycles. The standard InChI is InChI=1S/C22H18F3N5O3/c1-33-17-7-4-13(22(23,24)25)11-16(17)29-21(32)27-14-5-2-12(3-6-14)10-18-28-15-8-9-26-20(31)19(15)30-18/h2-9,11H,10H2,1H3,(H,26,31)(H,28,30)(H2,27,29,32). The molecular weight excluding hydrogens is 439 g/mol. The fraction of sp³-hybridized carbons (Fsp3) is 0.136. The molecule has 0 atom stereocenters. The summed E-state index contributed by atoms with van der Waals surface area (Å²) in [6, 6.07) is 10.6. The van der Waals surface area contributed by atoms with Crippen LogP contribution in [0, 0.1) is 0 Å². The zero-order valence-corrected chi connectivity index (χ0v) is 17.2. The van der Waals surface area contributed by atoms with E-state index in [9.17, 15) is 23.1 Å². The molecule has 0 unspecified atom stereocenters. The second kappa shape index (κ2) is 8.69. The zero-order chi connectivity index (χ0) is 23.6. The van der Waals surface area contributed by atoms with Crippen LogP contribution in [0.4, 0.5) is 29.3 Å². The first kappa shape index (κ1) is 21.9. The number of H-pyrrole nitrogens is 1. The van der Waals surface area contributed by atoms with Gasteiger partial charge in [0.15, 0.2) is 0 Å². The molecule has 2 heterocycles. The molecule has 0 aliphatic rings. The number of aromatic amines is 1. The molecule has 4 N–H and O–H groups in total. The smallest absolute Gasteiger partial charge is 0.416 e. The van der Waals surface area contributed by atoms with E-state index in [1.165, 1.54) is 13.3 Å². The van der Waals surface area contributed by atoms with Crippen LogP contribution in [-0.2, 0) is 12.6 Å². The van der Waals surface area contributed by atoms with Gasteiger partial charge in [0.05, 0.1) is 23.9 Å². The fourth-order valence-corrected chi connectivity index (χ4v) is 3.22. The molecule has 4 aromatic rings. The van der Waals surface area contributed by atoms with Crippen LogP contribution in [-0.4, -0.2) is 33.2 Å². The minimum Gasteiger partial charge on any atom is -0.495 e. The lowest BCUT2D eigenvalue weighted by molar-refractivity contribution is -0.137. The van der Waals surface area contributed by atoms with Crippen LogP contribution in [0.5, 0.6) is 11.6 Å². The van der Waals surface area contributed by atoms with Crippen molar-refractivity contribution in [1.82, 2.24) is 15.0 Å². The van der Waals surface area contributed by atoms with Crippen molar-refractivity contribution in [3.8, 4) is 11.6 Å². The van der Waals surface area contributed by atoms with Gasteiger partial charge in [0.2, 0.25) is 5.88 Å². The van der Waals surface area contributed by atoms with Crippen LogP contribution in [0.3, 0.4) is 0 Å². The number of anilines is 2. The van der Waals surface area contributed by atoms with Gasteiger partial charge in [-0.15, -0.1) is 0 Å². The van der Waals surface area contributed by atoms with Gasteiger partial charge in [-0.1, -0.05) is 12.1 Å². The maximum Gasteiger partial charge on any atom is 0.416 e. The number of halogens is 3. The lowest BCUT2D eigenvalue weighted by atomic mass is 10.1. The zero-order valence-electron chi connectivity index (χ0n) is 17.2. The van der Waals surface area contributed by atoms with Gasteiger partial charge in [-0.3, -0.25) is 0 Å². The Morgan fingerprint density at radius 1 is 1.12 bits per heavy atom. The molecule has 33 heavy (non-hydrogen) atoms. The van der Waals surface area contributed by atoms with Crippen LogP contribution in [0.2, 0.25) is 0 Å². The van der Waals surface area contributed by atoms with Gasteiger partial charge in [-0.05, 0) is 42.0 Å². The van der Waals surface area contributed by atoms with Gasteiger partial charge < -0.3 is 25.5 Å². The topological polar surface area (TPSA) is 112 Å². The molecule has 0 fully saturated rings. The summed E-state index contributed by atoms with van der Waals surface area (Å²) in [7, 11) is 1.30. The van der Waals surface area contributed by atoms with E-state index in [0.717, 1.165) is 23.8 Å². The molecule has 2 aromatic carbocycles. The van der Waals surface area contributed by atoms with E-state index < -0.39 is 17.8 Å². The second-order valence-corrected chi connectivity index (χ2v) is 7.08. The monoisotopic (exact) mass is 457 g/mol. The number of alkyl halides is 3. The number of hydrogen-bond acceptors (Lipinski definition) is 5. The van der Waals surface area contributed by atoms with Crippen LogP contribution < -0.4 is 15.4 Å². The van der Waals surface area contributed by atoms with E-state index in [2.05, 4.69) is 25.6 Å². The molecule has 0 saturated heterocycles. The van der Waals surface area contributed by atoms with Crippen molar-refractivity contribution in [3.05, 3.63) is 71.7 Å². The summed E-state index contributed by atoms with van der Waals surface area (Å²) < 4.78 is 43.9. The van der Waals surface area contributed by atoms with Crippen molar-refractivity contribution in [2.75, 3.05) is 17.7 Å². The normalized spacial score (nSPS) is 11.4. The number of aromatic hydroxyl groups is 1. The highest BCUT2D eigenvalue weighted by atomic mass is 19.4. The van der Waals surface area contributed by atoms with Gasteiger partial charge in [0.1, 0.15) is 17.1 Å². The van der Waals surface area contributed by atoms with E-state index in [0.29, 0.717) is 29.0 Å². The van der Waals surface area contributed by atoms with E-state index >= 15 is 0 Å². The molecule has 0 aliphatic carbocycles. The van der Waals surface area contributed by atoms with Gasteiger partial charge >= 0.3 is 12.2 Å². The van der Waals surface area contributed by atoms with Crippen molar-refractivity contribution >= 4 is 28.4 Å². The summed E-state index contributed by atoms with van der Waals surface area (Å²) >= 11 is 0. The number of urea groups is 1. The Kier molecular flexibility index (Phi) is 5.78. The SMILES string of the molecule is COc1ccc(C(F)(F)F)cc1NC(=O)Nc1ccc(Cc2nc3ccnc(O)c3[nH]2)cc1. The first-order valence-electron chi connectivity index (χ1n) is 9.67. The van der Waals surface area contributed by atoms with Crippen molar-refractivity contribution in [2.45, 2.75) is 12.6 Å². The third kappa shape index (κ3) is 4.97. The Labute approximate surface area is 185 Å². The minimum absolute atomic E-state index is 0.0977. The highest BCUT2D eigenvalue weighted by Gasteiger charge is 2.31. The molecule has 2 aromatic heterocycles. The van der Waals surface area contributed by atoms with Gasteiger partial charge in [-0.25, -0.2) is 14.8 Å². The number of amides is 2. The van der Waals surface area contributed by atoms with Crippen molar-refractivity contribution in [1.29, 1.82) is 0 Å². The molecule has 4 rings (SSSR count). The molecule has 0 spiro atoms. The average Bonchev–Trinajstić information content (AvgIpc) is 3.18. The maximum absolute atomic E-state index is 13.0. The highest BCUT2D eigenvalue weighted by molar-refractivity contribution is 6.00. The predicted molar refractivity (Wildman–Crippen MR) is 115 cm³/mol. The number of carbonyl (C=O) groups excluding carboxylic acids is 1. The van der Waals surface area contributed by atoms with E-state index in [-0.39, 0.29) is 17.3 Å². The number of benzene rings is 2. The third-order valence-electron chi connectivity index (χ3n) is 4.79. The number of methoxy groups -OCH3 is 1. The molecular formula is C22H18F3N5O3. The number of imidazole rings is 1. The van der Waals surface area contributed by atoms with Crippen LogP contribution >= 0.6 is 0 Å². The van der Waals surface area contributed by atoms with Crippen LogP contribution in [0.1, 0.15) is 17.0 Å². The number of pyridine rings is 1. The first-order valence-corrected chi connectivity index (χ1v) is 9.67. The molecule has 2 amide bonds. The summed E-state index contributed by atoms with van der Waals surface area (Å²) in [6.45, 7) is 0. The Morgan fingerprint density at radius 3 is 2.55 bits per heavy atom. The predicted octanol–water partition coefficient (Wildman–Crippen LogP) is 4.93. The molecule has 170 valence electrons. The minimum atomic E-state index is -4.55. The first-order chi connectivity index (χ1) is 15.7. The van der Waals surface area contributed by atoms with Crippen molar-refractivity contribution < 1.29 is 27.8 Å². The molecule has 0 bridgehead atoms. The Morgan fingerprint density at radius 2 is 1.88 bits per heavy atom. The largest absolute Gasteiger partial charge is 0.495 e. The second-order valence-electron chi connectivity index (χ2n) is 7.08. The Bertz CT molecular complexity index is 1300. The molecule has 0 radical (unpaired) electrons. The van der Waals surface area contributed by atoms with Crippen LogP contribution in [0.25, 0.3) is 11.0 Å². The average molecular weight is 457 g/mol. The lowest BCUT2D eigenvalue weighted by Crippen LogP contribution is -2.20. The van der Waals surface area contributed by atoms with Crippen molar-refractivity contribution in [2.24, 2.45) is 0 Å². The number of ether oxygens (including phenoxy) is 1. The van der Waals surface area contributed by atoms with Gasteiger partial charge in [-0.2, -0.15) is 13.2 Å². The van der Waals surface area contributed by atoms with E-state index in [1.807, 2.05) is 0 Å².